The molecule has 0 fully saturated rings. The smallest absolute Gasteiger partial charge is 0.287 e. The Morgan fingerprint density at radius 2 is 1.51 bits per heavy atom. The molecule has 0 bridgehead atoms. The van der Waals surface area contributed by atoms with Crippen LogP contribution in [0.3, 0.4) is 0 Å². The Kier molecular flexibility index (Phi) is 9.19. The summed E-state index contributed by atoms with van der Waals surface area (Å²) in [5.74, 6) is -0.190. The lowest BCUT2D eigenvalue weighted by Gasteiger charge is -2.20. The molecule has 0 atom stereocenters. The van der Waals surface area contributed by atoms with Gasteiger partial charge >= 0.3 is 0 Å². The van der Waals surface area contributed by atoms with Gasteiger partial charge in [0.15, 0.2) is 0 Å². The fraction of sp³-hybridized carbons (Fsp3) is 0.179. The third kappa shape index (κ3) is 7.30. The van der Waals surface area contributed by atoms with Gasteiger partial charge in [-0.1, -0.05) is 30.3 Å². The number of amides is 2. The van der Waals surface area contributed by atoms with E-state index in [4.69, 9.17) is 4.74 Å². The van der Waals surface area contributed by atoms with Crippen LogP contribution in [0.5, 0.6) is 5.75 Å². The molecule has 2 amide bonds. The number of hydrazone groups is 1. The Morgan fingerprint density at radius 3 is 2.11 bits per heavy atom. The Labute approximate surface area is 206 Å². The van der Waals surface area contributed by atoms with Crippen LogP contribution in [0.4, 0.5) is 5.69 Å². The van der Waals surface area contributed by atoms with Crippen molar-refractivity contribution >= 4 is 29.8 Å². The molecular formula is C28H30N4O3. The lowest BCUT2D eigenvalue weighted by atomic mass is 10.1. The number of hydrogen-bond acceptors (Lipinski definition) is 5. The summed E-state index contributed by atoms with van der Waals surface area (Å²) >= 11 is 0. The molecule has 0 heterocycles. The van der Waals surface area contributed by atoms with Crippen molar-refractivity contribution in [3.63, 3.8) is 0 Å². The minimum absolute atomic E-state index is 0.0846. The highest BCUT2D eigenvalue weighted by Crippen LogP contribution is 2.17. The number of nitrogens with zero attached hydrogens (tertiary/aromatic N) is 2. The fourth-order valence-corrected chi connectivity index (χ4v) is 3.39. The SMILES string of the molecule is CCN(CC)c1ccc(/C=C(/NC(=O)c2ccccc2)C(=O)NN=Cc2ccc(OC)cc2)cc1. The molecule has 0 saturated heterocycles. The van der Waals surface area contributed by atoms with Crippen molar-refractivity contribution in [2.45, 2.75) is 13.8 Å². The van der Waals surface area contributed by atoms with Crippen molar-refractivity contribution in [2.24, 2.45) is 5.10 Å². The maximum atomic E-state index is 12.9. The predicted molar refractivity (Wildman–Crippen MR) is 141 cm³/mol. The molecule has 0 aliphatic heterocycles. The van der Waals surface area contributed by atoms with Crippen LogP contribution >= 0.6 is 0 Å². The van der Waals surface area contributed by atoms with Crippen LogP contribution < -0.4 is 20.4 Å². The van der Waals surface area contributed by atoms with Crippen molar-refractivity contribution in [3.05, 3.63) is 101 Å². The summed E-state index contributed by atoms with van der Waals surface area (Å²) < 4.78 is 5.14. The largest absolute Gasteiger partial charge is 0.497 e. The fourth-order valence-electron chi connectivity index (χ4n) is 3.39. The van der Waals surface area contributed by atoms with Crippen molar-refractivity contribution in [1.82, 2.24) is 10.7 Å². The zero-order valence-corrected chi connectivity index (χ0v) is 20.2. The third-order valence-electron chi connectivity index (χ3n) is 5.36. The molecule has 3 rings (SSSR count). The molecule has 0 unspecified atom stereocenters. The molecule has 3 aromatic rings. The highest BCUT2D eigenvalue weighted by Gasteiger charge is 2.14. The number of nitrogens with one attached hydrogen (secondary N) is 2. The Bertz CT molecular complexity index is 1170. The number of carbonyl (C=O) groups is 2. The molecule has 7 nitrogen and oxygen atoms in total. The van der Waals surface area contributed by atoms with Crippen molar-refractivity contribution < 1.29 is 14.3 Å². The molecule has 2 N–H and O–H groups in total. The van der Waals surface area contributed by atoms with Crippen LogP contribution in [-0.2, 0) is 4.79 Å². The number of hydrogen-bond donors (Lipinski definition) is 2. The van der Waals surface area contributed by atoms with Crippen molar-refractivity contribution in [1.29, 1.82) is 0 Å². The Hall–Kier alpha value is -4.39. The van der Waals surface area contributed by atoms with Crippen molar-refractivity contribution in [3.8, 4) is 5.75 Å². The Morgan fingerprint density at radius 1 is 0.886 bits per heavy atom. The first-order chi connectivity index (χ1) is 17.0. The average Bonchev–Trinajstić information content (AvgIpc) is 2.90. The Balaban J connectivity index is 1.80. The first-order valence-electron chi connectivity index (χ1n) is 11.4. The van der Waals surface area contributed by atoms with E-state index in [-0.39, 0.29) is 11.6 Å². The van der Waals surface area contributed by atoms with Gasteiger partial charge in [-0.05, 0) is 79.6 Å². The first kappa shape index (κ1) is 25.2. The molecule has 35 heavy (non-hydrogen) atoms. The van der Waals surface area contributed by atoms with Gasteiger partial charge in [-0.25, -0.2) is 5.43 Å². The molecule has 0 saturated carbocycles. The highest BCUT2D eigenvalue weighted by molar-refractivity contribution is 6.05. The predicted octanol–water partition coefficient (Wildman–Crippen LogP) is 4.46. The second kappa shape index (κ2) is 12.7. The van der Waals surface area contributed by atoms with Gasteiger partial charge in [0.1, 0.15) is 11.4 Å². The lowest BCUT2D eigenvalue weighted by molar-refractivity contribution is -0.117. The molecule has 0 aromatic heterocycles. The van der Waals surface area contributed by atoms with E-state index in [0.717, 1.165) is 35.7 Å². The number of methoxy groups -OCH3 is 1. The first-order valence-corrected chi connectivity index (χ1v) is 11.4. The molecule has 3 aromatic carbocycles. The average molecular weight is 471 g/mol. The number of carbonyl (C=O) groups excluding carboxylic acids is 2. The summed E-state index contributed by atoms with van der Waals surface area (Å²) in [6, 6.07) is 23.8. The van der Waals surface area contributed by atoms with E-state index in [2.05, 4.69) is 34.6 Å². The zero-order valence-electron chi connectivity index (χ0n) is 20.2. The van der Waals surface area contributed by atoms with Crippen LogP contribution in [0.2, 0.25) is 0 Å². The van der Waals surface area contributed by atoms with Crippen LogP contribution in [0.1, 0.15) is 35.3 Å². The van der Waals surface area contributed by atoms with Gasteiger partial charge in [-0.2, -0.15) is 5.10 Å². The minimum atomic E-state index is -0.535. The van der Waals surface area contributed by atoms with E-state index in [0.29, 0.717) is 5.56 Å². The van der Waals surface area contributed by atoms with E-state index >= 15 is 0 Å². The maximum Gasteiger partial charge on any atom is 0.287 e. The standard InChI is InChI=1S/C28H30N4O3/c1-4-32(5-2)24-15-11-21(12-16-24)19-26(30-27(33)23-9-7-6-8-10-23)28(34)31-29-20-22-13-17-25(35-3)18-14-22/h6-20H,4-5H2,1-3H3,(H,30,33)(H,31,34)/b26-19+,29-20?. The number of rotatable bonds is 10. The summed E-state index contributed by atoms with van der Waals surface area (Å²) in [6.45, 7) is 6.01. The van der Waals surface area contributed by atoms with Crippen LogP contribution in [0.25, 0.3) is 6.08 Å². The molecule has 7 heteroatoms. The van der Waals surface area contributed by atoms with Gasteiger partial charge in [0, 0.05) is 24.3 Å². The summed E-state index contributed by atoms with van der Waals surface area (Å²) in [4.78, 5) is 27.9. The number of ether oxygens (including phenoxy) is 1. The normalized spacial score (nSPS) is 11.2. The van der Waals surface area contributed by atoms with Gasteiger partial charge in [-0.3, -0.25) is 9.59 Å². The number of anilines is 1. The summed E-state index contributed by atoms with van der Waals surface area (Å²) in [5, 5.41) is 6.75. The van der Waals surface area contributed by atoms with Gasteiger partial charge < -0.3 is 15.0 Å². The monoisotopic (exact) mass is 470 g/mol. The molecule has 180 valence electrons. The summed E-state index contributed by atoms with van der Waals surface area (Å²) in [5.41, 5.74) is 5.68. The zero-order chi connectivity index (χ0) is 25.0. The van der Waals surface area contributed by atoms with E-state index in [1.165, 1.54) is 6.21 Å². The molecule has 0 aliphatic rings. The summed E-state index contributed by atoms with van der Waals surface area (Å²) in [7, 11) is 1.60. The quantitative estimate of drug-likeness (QED) is 0.260. The third-order valence-corrected chi connectivity index (χ3v) is 5.36. The molecular weight excluding hydrogens is 440 g/mol. The second-order valence-electron chi connectivity index (χ2n) is 7.61. The van der Waals surface area contributed by atoms with E-state index in [1.54, 1.807) is 49.6 Å². The topological polar surface area (TPSA) is 83.0 Å². The van der Waals surface area contributed by atoms with Gasteiger partial charge in [-0.15, -0.1) is 0 Å². The highest BCUT2D eigenvalue weighted by atomic mass is 16.5. The van der Waals surface area contributed by atoms with Crippen LogP contribution in [0.15, 0.2) is 89.7 Å². The molecule has 0 spiro atoms. The molecule has 0 aliphatic carbocycles. The van der Waals surface area contributed by atoms with Crippen molar-refractivity contribution in [2.75, 3.05) is 25.1 Å². The van der Waals surface area contributed by atoms with Gasteiger partial charge in [0.25, 0.3) is 11.8 Å². The van der Waals surface area contributed by atoms with Gasteiger partial charge in [0.2, 0.25) is 0 Å². The maximum absolute atomic E-state index is 12.9. The second-order valence-corrected chi connectivity index (χ2v) is 7.61. The van der Waals surface area contributed by atoms with Gasteiger partial charge in [0.05, 0.1) is 13.3 Å². The van der Waals surface area contributed by atoms with Crippen LogP contribution in [-0.4, -0.2) is 38.2 Å². The summed E-state index contributed by atoms with van der Waals surface area (Å²) in [6.07, 6.45) is 3.15. The lowest BCUT2D eigenvalue weighted by Crippen LogP contribution is -2.32. The van der Waals surface area contributed by atoms with Crippen LogP contribution in [0, 0.1) is 0 Å². The van der Waals surface area contributed by atoms with E-state index in [9.17, 15) is 9.59 Å². The van der Waals surface area contributed by atoms with E-state index in [1.807, 2.05) is 42.5 Å². The van der Waals surface area contributed by atoms with E-state index < -0.39 is 5.91 Å². The number of benzene rings is 3. The minimum Gasteiger partial charge on any atom is -0.497 e. The molecule has 0 radical (unpaired) electrons.